The van der Waals surface area contributed by atoms with Crippen molar-refractivity contribution in [3.05, 3.63) is 83.3 Å². The number of nitrogens with one attached hydrogen (secondary N) is 3. The van der Waals surface area contributed by atoms with Crippen LogP contribution >= 0.6 is 11.6 Å². The van der Waals surface area contributed by atoms with Gasteiger partial charge < -0.3 is 30.2 Å². The van der Waals surface area contributed by atoms with Crippen molar-refractivity contribution in [2.45, 2.75) is 19.3 Å². The number of fused-ring (bicyclic) bond motifs is 1. The number of ether oxygens (including phenoxy) is 3. The SMILES string of the molecule is COc1c(OCC2CCNCC2)ccc2c(Oc3ccc(NC(=O)C(=O)NCCc4ccc(Cl)cc4)cc3F)ccnc12. The summed E-state index contributed by atoms with van der Waals surface area (Å²) >= 11 is 5.88. The van der Waals surface area contributed by atoms with Gasteiger partial charge in [-0.15, -0.1) is 0 Å². The maximum absolute atomic E-state index is 15.0. The Bertz CT molecular complexity index is 1600. The molecule has 1 fully saturated rings. The first-order chi connectivity index (χ1) is 20.9. The quantitative estimate of drug-likeness (QED) is 0.204. The Morgan fingerprint density at radius 2 is 1.77 bits per heavy atom. The lowest BCUT2D eigenvalue weighted by molar-refractivity contribution is -0.136. The van der Waals surface area contributed by atoms with Gasteiger partial charge in [0.05, 0.1) is 13.7 Å². The Morgan fingerprint density at radius 3 is 2.51 bits per heavy atom. The Balaban J connectivity index is 1.21. The van der Waals surface area contributed by atoms with Crippen LogP contribution in [-0.4, -0.2) is 50.1 Å². The van der Waals surface area contributed by atoms with Crippen LogP contribution in [0.3, 0.4) is 0 Å². The summed E-state index contributed by atoms with van der Waals surface area (Å²) in [6.07, 6.45) is 4.19. The zero-order chi connectivity index (χ0) is 30.2. The van der Waals surface area contributed by atoms with Crippen LogP contribution in [0.2, 0.25) is 5.02 Å². The Kier molecular flexibility index (Phi) is 9.91. The zero-order valence-corrected chi connectivity index (χ0v) is 24.4. The topological polar surface area (TPSA) is 111 Å². The van der Waals surface area contributed by atoms with Crippen LogP contribution in [0.4, 0.5) is 10.1 Å². The van der Waals surface area contributed by atoms with Gasteiger partial charge in [0, 0.05) is 34.9 Å². The summed E-state index contributed by atoms with van der Waals surface area (Å²) in [5, 5.41) is 9.54. The maximum Gasteiger partial charge on any atom is 0.313 e. The van der Waals surface area contributed by atoms with Gasteiger partial charge in [-0.2, -0.15) is 0 Å². The predicted molar refractivity (Wildman–Crippen MR) is 163 cm³/mol. The number of amides is 2. The third-order valence-electron chi connectivity index (χ3n) is 7.16. The number of methoxy groups -OCH3 is 1. The molecular weight excluding hydrogens is 575 g/mol. The molecule has 0 unspecified atom stereocenters. The molecule has 2 heterocycles. The number of anilines is 1. The van der Waals surface area contributed by atoms with Gasteiger partial charge in [0.15, 0.2) is 23.1 Å². The van der Waals surface area contributed by atoms with Gasteiger partial charge in [-0.05, 0) is 86.3 Å². The molecule has 11 heteroatoms. The van der Waals surface area contributed by atoms with Crippen molar-refractivity contribution in [2.24, 2.45) is 5.92 Å². The molecule has 0 radical (unpaired) electrons. The number of piperidine rings is 1. The molecule has 9 nitrogen and oxygen atoms in total. The fourth-order valence-corrected chi connectivity index (χ4v) is 4.95. The molecule has 1 aliphatic rings. The lowest BCUT2D eigenvalue weighted by Gasteiger charge is -2.23. The number of carbonyl (C=O) groups excluding carboxylic acids is 2. The second-order valence-electron chi connectivity index (χ2n) is 10.1. The average Bonchev–Trinajstić information content (AvgIpc) is 3.02. The minimum absolute atomic E-state index is 0.0666. The van der Waals surface area contributed by atoms with E-state index in [1.54, 1.807) is 43.6 Å². The van der Waals surface area contributed by atoms with E-state index >= 15 is 4.39 Å². The summed E-state index contributed by atoms with van der Waals surface area (Å²) in [6, 6.07) is 16.3. The fourth-order valence-electron chi connectivity index (χ4n) is 4.82. The van der Waals surface area contributed by atoms with E-state index in [1.807, 2.05) is 12.1 Å². The Hall–Kier alpha value is -4.41. The zero-order valence-electron chi connectivity index (χ0n) is 23.6. The minimum Gasteiger partial charge on any atom is -0.491 e. The van der Waals surface area contributed by atoms with Gasteiger partial charge in [0.1, 0.15) is 11.3 Å². The van der Waals surface area contributed by atoms with Crippen molar-refractivity contribution in [3.63, 3.8) is 0 Å². The van der Waals surface area contributed by atoms with Gasteiger partial charge in [-0.3, -0.25) is 14.6 Å². The molecule has 3 aromatic carbocycles. The van der Waals surface area contributed by atoms with E-state index in [0.29, 0.717) is 52.1 Å². The van der Waals surface area contributed by atoms with E-state index < -0.39 is 17.6 Å². The molecule has 1 saturated heterocycles. The second kappa shape index (κ2) is 14.2. The van der Waals surface area contributed by atoms with Crippen LogP contribution in [0.25, 0.3) is 10.9 Å². The summed E-state index contributed by atoms with van der Waals surface area (Å²) in [6.45, 7) is 2.80. The van der Waals surface area contributed by atoms with Crippen LogP contribution < -0.4 is 30.2 Å². The summed E-state index contributed by atoms with van der Waals surface area (Å²) in [4.78, 5) is 29.0. The van der Waals surface area contributed by atoms with Crippen molar-refractivity contribution >= 4 is 40.0 Å². The molecular formula is C32H32ClFN4O5. The molecule has 43 heavy (non-hydrogen) atoms. The maximum atomic E-state index is 15.0. The number of benzene rings is 3. The first-order valence-electron chi connectivity index (χ1n) is 14.0. The van der Waals surface area contributed by atoms with Gasteiger partial charge >= 0.3 is 11.8 Å². The number of halogens is 2. The molecule has 224 valence electrons. The predicted octanol–water partition coefficient (Wildman–Crippen LogP) is 5.50. The third kappa shape index (κ3) is 7.71. The highest BCUT2D eigenvalue weighted by Crippen LogP contribution is 2.40. The van der Waals surface area contributed by atoms with Crippen LogP contribution in [0.5, 0.6) is 23.0 Å². The lowest BCUT2D eigenvalue weighted by atomic mass is 9.99. The van der Waals surface area contributed by atoms with Crippen LogP contribution in [0, 0.1) is 11.7 Å². The van der Waals surface area contributed by atoms with Crippen LogP contribution in [0.1, 0.15) is 18.4 Å². The fraction of sp³-hybridized carbons (Fsp3) is 0.281. The average molecular weight is 607 g/mol. The number of carbonyl (C=O) groups is 2. The monoisotopic (exact) mass is 606 g/mol. The highest BCUT2D eigenvalue weighted by atomic mass is 35.5. The molecule has 5 rings (SSSR count). The lowest BCUT2D eigenvalue weighted by Crippen LogP contribution is -2.36. The highest BCUT2D eigenvalue weighted by Gasteiger charge is 2.19. The van der Waals surface area contributed by atoms with Gasteiger partial charge in [0.25, 0.3) is 0 Å². The van der Waals surface area contributed by atoms with Crippen molar-refractivity contribution < 1.29 is 28.2 Å². The van der Waals surface area contributed by atoms with Crippen molar-refractivity contribution in [1.82, 2.24) is 15.6 Å². The summed E-state index contributed by atoms with van der Waals surface area (Å²) in [5.74, 6) is -0.637. The number of hydrogen-bond acceptors (Lipinski definition) is 7. The normalized spacial score (nSPS) is 13.4. The van der Waals surface area contributed by atoms with Crippen LogP contribution in [-0.2, 0) is 16.0 Å². The number of nitrogens with zero attached hydrogens (tertiary/aromatic N) is 1. The van der Waals surface area contributed by atoms with E-state index in [1.165, 1.54) is 12.1 Å². The molecule has 1 aliphatic heterocycles. The molecule has 1 aromatic heterocycles. The van der Waals surface area contributed by atoms with Crippen molar-refractivity contribution in [3.8, 4) is 23.0 Å². The first kappa shape index (κ1) is 30.1. The standard InChI is InChI=1S/C32H32ClFN4O5/c1-41-30-28(42-19-21-10-14-35-15-11-21)9-7-24-26(13-17-36-29(24)30)43-27-8-6-23(18-25(27)34)38-32(40)31(39)37-16-12-20-2-4-22(33)5-3-20/h2-9,13,17-18,21,35H,10-12,14-16,19H2,1H3,(H,37,39)(H,38,40). The second-order valence-corrected chi connectivity index (χ2v) is 10.6. The van der Waals surface area contributed by atoms with E-state index in [0.717, 1.165) is 37.6 Å². The van der Waals surface area contributed by atoms with Gasteiger partial charge in [-0.25, -0.2) is 4.39 Å². The van der Waals surface area contributed by atoms with E-state index in [2.05, 4.69) is 20.9 Å². The third-order valence-corrected chi connectivity index (χ3v) is 7.41. The summed E-state index contributed by atoms with van der Waals surface area (Å²) in [7, 11) is 1.55. The van der Waals surface area contributed by atoms with Gasteiger partial charge in [-0.1, -0.05) is 23.7 Å². The first-order valence-corrected chi connectivity index (χ1v) is 14.4. The molecule has 0 aliphatic carbocycles. The Labute approximate surface area is 253 Å². The molecule has 0 bridgehead atoms. The number of pyridine rings is 1. The largest absolute Gasteiger partial charge is 0.491 e. The smallest absolute Gasteiger partial charge is 0.313 e. The number of rotatable bonds is 10. The number of aromatic nitrogens is 1. The molecule has 4 aromatic rings. The summed E-state index contributed by atoms with van der Waals surface area (Å²) < 4.78 is 32.7. The molecule has 0 atom stereocenters. The molecule has 3 N–H and O–H groups in total. The van der Waals surface area contributed by atoms with Crippen molar-refractivity contribution in [1.29, 1.82) is 0 Å². The molecule has 2 amide bonds. The highest BCUT2D eigenvalue weighted by molar-refractivity contribution is 6.39. The van der Waals surface area contributed by atoms with E-state index in [9.17, 15) is 9.59 Å². The van der Waals surface area contributed by atoms with Crippen LogP contribution in [0.15, 0.2) is 66.9 Å². The molecule has 0 saturated carbocycles. The number of hydrogen-bond donors (Lipinski definition) is 3. The Morgan fingerprint density at radius 1 is 1.00 bits per heavy atom. The van der Waals surface area contributed by atoms with E-state index in [4.69, 9.17) is 25.8 Å². The minimum atomic E-state index is -0.908. The molecule has 0 spiro atoms. The van der Waals surface area contributed by atoms with Crippen molar-refractivity contribution in [2.75, 3.05) is 38.7 Å². The van der Waals surface area contributed by atoms with E-state index in [-0.39, 0.29) is 18.0 Å². The summed E-state index contributed by atoms with van der Waals surface area (Å²) in [5.41, 5.74) is 1.60. The van der Waals surface area contributed by atoms with Gasteiger partial charge in [0.2, 0.25) is 0 Å².